The van der Waals surface area contributed by atoms with Crippen molar-refractivity contribution in [1.29, 1.82) is 0 Å². The Kier molecular flexibility index (Phi) is 47.5. The second kappa shape index (κ2) is 49.0. The van der Waals surface area contributed by atoms with Crippen molar-refractivity contribution in [2.45, 2.75) is 289 Å². The number of aliphatic hydroxyl groups excluding tert-OH is 3. The molecule has 0 aromatic carbocycles. The van der Waals surface area contributed by atoms with Crippen LogP contribution in [0, 0.1) is 0 Å². The molecule has 0 radical (unpaired) electrons. The van der Waals surface area contributed by atoms with Crippen LogP contribution in [0.5, 0.6) is 0 Å². The maximum absolute atomic E-state index is 12.8. The van der Waals surface area contributed by atoms with Crippen LogP contribution in [0.2, 0.25) is 0 Å². The molecule has 0 aromatic rings. The molecule has 0 heterocycles. The van der Waals surface area contributed by atoms with Crippen molar-refractivity contribution in [3.63, 3.8) is 0 Å². The molecule has 3 N–H and O–H groups in total. The van der Waals surface area contributed by atoms with Gasteiger partial charge in [-0.15, -0.1) is 0 Å². The molecule has 3 unspecified atom stereocenters. The van der Waals surface area contributed by atoms with Crippen molar-refractivity contribution >= 4 is 33.1 Å². The molecule has 9 nitrogen and oxygen atoms in total. The van der Waals surface area contributed by atoms with Gasteiger partial charge in [0.15, 0.2) is 0 Å². The average Bonchev–Trinajstić information content (AvgIpc) is 3.27. The van der Waals surface area contributed by atoms with Gasteiger partial charge in [0.05, 0.1) is 18.3 Å². The molecule has 0 aliphatic heterocycles. The number of carbonyl (C=O) groups excluding carboxylic acids is 3. The first-order valence-electron chi connectivity index (χ1n) is 26.8. The molecule has 0 aliphatic rings. The standard InChI is InChI=1S/3C18H34O3.Al/c3*1-2-3-4-11-14-17(19)15-12-9-7-5-6-8-10-13-16-18(20)21;/h3*9,12,17,19H,2-8,10-11,13-16H2,1H3,(H,20,21);/q;;;+3/p-3/b3*12-9-;. The predicted molar refractivity (Wildman–Crippen MR) is 267 cm³/mol. The molecular weight excluding hydrogens is 820 g/mol. The van der Waals surface area contributed by atoms with Crippen LogP contribution in [0.3, 0.4) is 0 Å². The summed E-state index contributed by atoms with van der Waals surface area (Å²) in [5.74, 6) is -1.46. The molecule has 0 aromatic heterocycles. The van der Waals surface area contributed by atoms with Crippen LogP contribution >= 0.6 is 0 Å². The van der Waals surface area contributed by atoms with Crippen molar-refractivity contribution in [2.75, 3.05) is 0 Å². The van der Waals surface area contributed by atoms with Gasteiger partial charge in [-0.2, -0.15) is 0 Å². The highest BCUT2D eigenvalue weighted by atomic mass is 27.3. The number of hydrogen-bond donors (Lipinski definition) is 3. The van der Waals surface area contributed by atoms with Crippen LogP contribution in [0.25, 0.3) is 0 Å². The molecule has 64 heavy (non-hydrogen) atoms. The smallest absolute Gasteiger partial charge is 0.551 e. The van der Waals surface area contributed by atoms with Gasteiger partial charge in [-0.05, 0) is 96.3 Å². The lowest BCUT2D eigenvalue weighted by Gasteiger charge is -2.14. The van der Waals surface area contributed by atoms with Gasteiger partial charge in [0.25, 0.3) is 17.9 Å². The van der Waals surface area contributed by atoms with E-state index >= 15 is 0 Å². The number of rotatable bonds is 48. The van der Waals surface area contributed by atoms with E-state index in [4.69, 9.17) is 11.4 Å². The Hall–Kier alpha value is -1.96. The fourth-order valence-electron chi connectivity index (χ4n) is 7.64. The molecule has 0 spiro atoms. The first-order valence-corrected chi connectivity index (χ1v) is 28.2. The van der Waals surface area contributed by atoms with Crippen LogP contribution in [0.4, 0.5) is 0 Å². The lowest BCUT2D eigenvalue weighted by Crippen LogP contribution is -2.34. The third-order valence-electron chi connectivity index (χ3n) is 11.8. The quantitative estimate of drug-likeness (QED) is 0.0309. The highest BCUT2D eigenvalue weighted by Crippen LogP contribution is 2.15. The van der Waals surface area contributed by atoms with Crippen molar-refractivity contribution in [3.05, 3.63) is 36.5 Å². The van der Waals surface area contributed by atoms with Crippen LogP contribution in [0.15, 0.2) is 36.5 Å². The normalized spacial score (nSPS) is 13.2. The monoisotopic (exact) mass is 919 g/mol. The zero-order valence-corrected chi connectivity index (χ0v) is 42.8. The van der Waals surface area contributed by atoms with E-state index in [-0.39, 0.29) is 37.6 Å². The maximum atomic E-state index is 12.8. The summed E-state index contributed by atoms with van der Waals surface area (Å²) in [6.07, 6.45) is 48.7. The van der Waals surface area contributed by atoms with Gasteiger partial charge >= 0.3 is 15.1 Å². The van der Waals surface area contributed by atoms with Crippen LogP contribution < -0.4 is 0 Å². The van der Waals surface area contributed by atoms with Crippen molar-refractivity contribution in [2.24, 2.45) is 0 Å². The average molecular weight is 919 g/mol. The summed E-state index contributed by atoms with van der Waals surface area (Å²) < 4.78 is 16.6. The molecule has 3 atom stereocenters. The van der Waals surface area contributed by atoms with E-state index in [2.05, 4.69) is 57.2 Å². The molecule has 0 amide bonds. The largest absolute Gasteiger partial charge is 1.20 e. The fourth-order valence-corrected chi connectivity index (χ4v) is 8.79. The maximum Gasteiger partial charge on any atom is 1.20 e. The zero-order chi connectivity index (χ0) is 47.0. The number of carbonyl (C=O) groups is 3. The molecule has 0 fully saturated rings. The number of unbranched alkanes of at least 4 members (excludes halogenated alkanes) is 24. The Morgan fingerprint density at radius 2 is 0.609 bits per heavy atom. The Morgan fingerprint density at radius 1 is 0.359 bits per heavy atom. The Labute approximate surface area is 398 Å². The van der Waals surface area contributed by atoms with Crippen molar-refractivity contribution in [1.82, 2.24) is 0 Å². The highest BCUT2D eigenvalue weighted by molar-refractivity contribution is 6.44. The summed E-state index contributed by atoms with van der Waals surface area (Å²) in [6, 6.07) is 0. The third-order valence-corrected chi connectivity index (χ3v) is 13.2. The van der Waals surface area contributed by atoms with Gasteiger partial charge in [-0.1, -0.05) is 192 Å². The topological polar surface area (TPSA) is 140 Å². The predicted octanol–water partition coefficient (Wildman–Crippen LogP) is 14.6. The number of aliphatic hydroxyl groups is 3. The van der Waals surface area contributed by atoms with E-state index in [0.29, 0.717) is 19.3 Å². The number of allylic oxidation sites excluding steroid dienone is 3. The lowest BCUT2D eigenvalue weighted by atomic mass is 10.1. The molecule has 0 bridgehead atoms. The van der Waals surface area contributed by atoms with E-state index < -0.39 is 33.1 Å². The van der Waals surface area contributed by atoms with Gasteiger partial charge in [0.2, 0.25) is 0 Å². The Balaban J connectivity index is 4.54. The first kappa shape index (κ1) is 62.0. The summed E-state index contributed by atoms with van der Waals surface area (Å²) in [5, 5.41) is 30.4. The van der Waals surface area contributed by atoms with E-state index in [0.717, 1.165) is 154 Å². The summed E-state index contributed by atoms with van der Waals surface area (Å²) in [4.78, 5) is 38.4. The van der Waals surface area contributed by atoms with E-state index in [1.807, 2.05) is 0 Å². The molecule has 372 valence electrons. The highest BCUT2D eigenvalue weighted by Gasteiger charge is 2.48. The van der Waals surface area contributed by atoms with E-state index in [9.17, 15) is 29.7 Å². The van der Waals surface area contributed by atoms with E-state index in [1.165, 1.54) is 57.8 Å². The summed E-state index contributed by atoms with van der Waals surface area (Å²) >= 11 is -3.33. The van der Waals surface area contributed by atoms with Crippen LogP contribution in [0.1, 0.15) is 271 Å². The van der Waals surface area contributed by atoms with Crippen LogP contribution in [-0.4, -0.2) is 66.7 Å². The second-order valence-corrected chi connectivity index (χ2v) is 19.6. The molecule has 0 saturated heterocycles. The van der Waals surface area contributed by atoms with Gasteiger partial charge < -0.3 is 26.7 Å². The third kappa shape index (κ3) is 46.6. The molecule has 10 heteroatoms. The fraction of sp³-hybridized carbons (Fsp3) is 0.833. The summed E-state index contributed by atoms with van der Waals surface area (Å²) in [7, 11) is 0. The van der Waals surface area contributed by atoms with Crippen molar-refractivity contribution < 1.29 is 41.1 Å². The molecule has 0 rings (SSSR count). The van der Waals surface area contributed by atoms with Gasteiger partial charge in [-0.3, -0.25) is 14.4 Å². The minimum atomic E-state index is -3.33. The lowest BCUT2D eigenvalue weighted by molar-refractivity contribution is -0.148. The minimum absolute atomic E-state index is 0.193. The van der Waals surface area contributed by atoms with Gasteiger partial charge in [-0.25, -0.2) is 0 Å². The van der Waals surface area contributed by atoms with Crippen LogP contribution in [-0.2, 0) is 25.7 Å². The Morgan fingerprint density at radius 3 is 0.891 bits per heavy atom. The molecule has 0 aliphatic carbocycles. The summed E-state index contributed by atoms with van der Waals surface area (Å²) in [6.45, 7) is 6.59. The van der Waals surface area contributed by atoms with Crippen molar-refractivity contribution in [3.8, 4) is 0 Å². The van der Waals surface area contributed by atoms with E-state index in [1.54, 1.807) is 0 Å². The van der Waals surface area contributed by atoms with Gasteiger partial charge in [0, 0.05) is 19.3 Å². The zero-order valence-electron chi connectivity index (χ0n) is 41.6. The Bertz CT molecular complexity index is 1000. The second-order valence-electron chi connectivity index (χ2n) is 18.3. The summed E-state index contributed by atoms with van der Waals surface area (Å²) in [5.41, 5.74) is 0. The SMILES string of the molecule is CCCCCCC(O)C/C=C\CCCCCCCC(=O)[O][Al]([O]C(=O)CCCCCCC/C=C\CC(O)CCCCCC)[O]C(=O)CCCCCCC/C=C\CC(O)CCCCCC. The first-order chi connectivity index (χ1) is 31.2. The molecular formula is C54H99AlO9. The number of hydrogen-bond acceptors (Lipinski definition) is 9. The molecule has 0 saturated carbocycles. The van der Waals surface area contributed by atoms with Gasteiger partial charge in [0.1, 0.15) is 0 Å². The minimum Gasteiger partial charge on any atom is -0.551 e.